The van der Waals surface area contributed by atoms with Gasteiger partial charge in [-0.2, -0.15) is 0 Å². The van der Waals surface area contributed by atoms with E-state index in [1.54, 1.807) is 0 Å². The molecule has 1 heterocycles. The number of pyridine rings is 1. The summed E-state index contributed by atoms with van der Waals surface area (Å²) in [5.41, 5.74) is 0.120. The molecule has 54 valence electrons. The van der Waals surface area contributed by atoms with Crippen molar-refractivity contribution in [3.8, 4) is 5.75 Å². The van der Waals surface area contributed by atoms with Gasteiger partial charge in [0.05, 0.1) is 5.88 Å². The van der Waals surface area contributed by atoms with E-state index in [1.165, 1.54) is 12.3 Å². The summed E-state index contributed by atoms with van der Waals surface area (Å²) in [5.74, 6) is 0.138. The molecule has 0 unspecified atom stereocenters. The highest BCUT2D eigenvalue weighted by atomic mass is 35.5. The highest BCUT2D eigenvalue weighted by Crippen LogP contribution is 2.06. The van der Waals surface area contributed by atoms with E-state index in [1.807, 2.05) is 0 Å². The third-order valence-electron chi connectivity index (χ3n) is 1.11. The third-order valence-corrected chi connectivity index (χ3v) is 1.40. The van der Waals surface area contributed by atoms with E-state index in [-0.39, 0.29) is 17.2 Å². The second kappa shape index (κ2) is 2.75. The van der Waals surface area contributed by atoms with E-state index < -0.39 is 0 Å². The van der Waals surface area contributed by atoms with Crippen LogP contribution in [0, 0.1) is 0 Å². The molecule has 0 radical (unpaired) electrons. The number of aromatic nitrogens is 1. The largest absolute Gasteiger partial charge is 0.506 e. The first-order valence-electron chi connectivity index (χ1n) is 2.70. The normalized spacial score (nSPS) is 9.70. The van der Waals surface area contributed by atoms with Gasteiger partial charge in [-0.1, -0.05) is 0 Å². The third kappa shape index (κ3) is 1.30. The van der Waals surface area contributed by atoms with Crippen molar-refractivity contribution in [3.05, 3.63) is 28.2 Å². The Morgan fingerprint density at radius 3 is 2.90 bits per heavy atom. The maximum atomic E-state index is 10.8. The van der Waals surface area contributed by atoms with E-state index in [9.17, 15) is 4.79 Å². The van der Waals surface area contributed by atoms with Crippen molar-refractivity contribution >= 4 is 11.6 Å². The monoisotopic (exact) mass is 159 g/mol. The van der Waals surface area contributed by atoms with Gasteiger partial charge in [-0.25, -0.2) is 0 Å². The van der Waals surface area contributed by atoms with Gasteiger partial charge in [-0.15, -0.1) is 11.6 Å². The number of hydrogen-bond donors (Lipinski definition) is 2. The second-order valence-electron chi connectivity index (χ2n) is 1.85. The fourth-order valence-corrected chi connectivity index (χ4v) is 0.816. The Kier molecular flexibility index (Phi) is 1.97. The molecule has 0 aromatic carbocycles. The number of halogens is 1. The molecule has 0 amide bonds. The zero-order valence-corrected chi connectivity index (χ0v) is 5.85. The van der Waals surface area contributed by atoms with Crippen molar-refractivity contribution in [2.75, 3.05) is 0 Å². The van der Waals surface area contributed by atoms with Crippen LogP contribution in [0.25, 0.3) is 0 Å². The summed E-state index contributed by atoms with van der Waals surface area (Å²) in [6.07, 6.45) is 1.22. The molecule has 0 saturated heterocycles. The van der Waals surface area contributed by atoms with Crippen molar-refractivity contribution in [2.24, 2.45) is 0 Å². The number of H-pyrrole nitrogens is 1. The topological polar surface area (TPSA) is 53.1 Å². The number of alkyl halides is 1. The van der Waals surface area contributed by atoms with Crippen LogP contribution in [0.2, 0.25) is 0 Å². The molecule has 0 spiro atoms. The smallest absolute Gasteiger partial charge is 0.252 e. The summed E-state index contributed by atoms with van der Waals surface area (Å²) in [7, 11) is 0. The van der Waals surface area contributed by atoms with Crippen molar-refractivity contribution in [1.82, 2.24) is 4.98 Å². The van der Waals surface area contributed by atoms with Gasteiger partial charge in [-0.3, -0.25) is 4.79 Å². The molecule has 0 aliphatic rings. The Bertz CT molecular complexity index is 281. The minimum Gasteiger partial charge on any atom is -0.506 e. The Morgan fingerprint density at radius 1 is 1.70 bits per heavy atom. The van der Waals surface area contributed by atoms with Crippen LogP contribution in [-0.2, 0) is 5.88 Å². The number of aromatic hydroxyl groups is 1. The van der Waals surface area contributed by atoms with E-state index in [4.69, 9.17) is 16.7 Å². The lowest BCUT2D eigenvalue weighted by Gasteiger charge is -1.93. The molecule has 4 heteroatoms. The van der Waals surface area contributed by atoms with Crippen LogP contribution in [0.15, 0.2) is 17.1 Å². The number of hydrogen-bond acceptors (Lipinski definition) is 2. The second-order valence-corrected chi connectivity index (χ2v) is 2.11. The quantitative estimate of drug-likeness (QED) is 0.596. The summed E-state index contributed by atoms with van der Waals surface area (Å²) in [5, 5.41) is 8.84. The van der Waals surface area contributed by atoms with Crippen LogP contribution in [-0.4, -0.2) is 10.1 Å². The first kappa shape index (κ1) is 7.15. The molecule has 3 nitrogen and oxygen atoms in total. The highest BCUT2D eigenvalue weighted by Gasteiger charge is 1.97. The van der Waals surface area contributed by atoms with Crippen molar-refractivity contribution < 1.29 is 5.11 Å². The fourth-order valence-electron chi connectivity index (χ4n) is 0.617. The van der Waals surface area contributed by atoms with Gasteiger partial charge in [0.15, 0.2) is 0 Å². The van der Waals surface area contributed by atoms with E-state index in [0.717, 1.165) is 0 Å². The molecule has 1 aromatic rings. The first-order chi connectivity index (χ1) is 4.74. The van der Waals surface area contributed by atoms with Crippen LogP contribution in [0.1, 0.15) is 5.56 Å². The highest BCUT2D eigenvalue weighted by molar-refractivity contribution is 6.17. The molecule has 0 bridgehead atoms. The molecule has 0 atom stereocenters. The molecular weight excluding hydrogens is 154 g/mol. The Morgan fingerprint density at radius 2 is 2.40 bits per heavy atom. The van der Waals surface area contributed by atoms with Crippen LogP contribution in [0.3, 0.4) is 0 Å². The number of nitrogens with one attached hydrogen (secondary N) is 1. The summed E-state index contributed by atoms with van der Waals surface area (Å²) in [6.45, 7) is 0. The predicted octanol–water partition coefficient (Wildman–Crippen LogP) is 0.819. The van der Waals surface area contributed by atoms with Gasteiger partial charge in [-0.05, 0) is 6.07 Å². The minimum atomic E-state index is -0.257. The summed E-state index contributed by atoms with van der Waals surface area (Å²) in [6, 6.07) is 1.34. The van der Waals surface area contributed by atoms with Gasteiger partial charge < -0.3 is 10.1 Å². The average Bonchev–Trinajstić information content (AvgIpc) is 1.94. The minimum absolute atomic E-state index is 0.0234. The van der Waals surface area contributed by atoms with E-state index >= 15 is 0 Å². The molecule has 0 saturated carbocycles. The Hall–Kier alpha value is -0.960. The summed E-state index contributed by atoms with van der Waals surface area (Å²) < 4.78 is 0. The lowest BCUT2D eigenvalue weighted by molar-refractivity contribution is 0.471. The lowest BCUT2D eigenvalue weighted by atomic mass is 10.3. The van der Waals surface area contributed by atoms with Gasteiger partial charge in [0, 0.05) is 11.8 Å². The standard InChI is InChI=1S/C6H6ClNO2/c7-2-4-1-5(9)3-8-6(4)10/h1,3,9H,2H2,(H,8,10). The van der Waals surface area contributed by atoms with Crippen molar-refractivity contribution in [1.29, 1.82) is 0 Å². The number of rotatable bonds is 1. The molecule has 1 aromatic heterocycles. The molecule has 2 N–H and O–H groups in total. The predicted molar refractivity (Wildman–Crippen MR) is 38.3 cm³/mol. The molecular formula is C6H6ClNO2. The fraction of sp³-hybridized carbons (Fsp3) is 0.167. The van der Waals surface area contributed by atoms with Gasteiger partial charge in [0.25, 0.3) is 5.56 Å². The summed E-state index contributed by atoms with van der Waals surface area (Å²) >= 11 is 5.37. The van der Waals surface area contributed by atoms with Crippen LogP contribution in [0.4, 0.5) is 0 Å². The molecule has 0 aliphatic heterocycles. The molecule has 1 rings (SSSR count). The van der Waals surface area contributed by atoms with Crippen LogP contribution in [0.5, 0.6) is 5.75 Å². The van der Waals surface area contributed by atoms with Crippen molar-refractivity contribution in [2.45, 2.75) is 5.88 Å². The van der Waals surface area contributed by atoms with Gasteiger partial charge >= 0.3 is 0 Å². The van der Waals surface area contributed by atoms with Crippen molar-refractivity contribution in [3.63, 3.8) is 0 Å². The number of aromatic amines is 1. The zero-order valence-electron chi connectivity index (χ0n) is 5.10. The maximum Gasteiger partial charge on any atom is 0.252 e. The van der Waals surface area contributed by atoms with E-state index in [2.05, 4.69) is 4.98 Å². The maximum absolute atomic E-state index is 10.8. The summed E-state index contributed by atoms with van der Waals surface area (Å²) in [4.78, 5) is 13.1. The van der Waals surface area contributed by atoms with E-state index in [0.29, 0.717) is 5.56 Å². The lowest BCUT2D eigenvalue weighted by Crippen LogP contribution is -2.08. The van der Waals surface area contributed by atoms with Crippen LogP contribution >= 0.6 is 11.6 Å². The average molecular weight is 160 g/mol. The van der Waals surface area contributed by atoms with Gasteiger partial charge in [0.1, 0.15) is 5.75 Å². The molecule has 0 fully saturated rings. The molecule has 0 aliphatic carbocycles. The van der Waals surface area contributed by atoms with Crippen LogP contribution < -0.4 is 5.56 Å². The van der Waals surface area contributed by atoms with Gasteiger partial charge in [0.2, 0.25) is 0 Å². The molecule has 10 heavy (non-hydrogen) atoms. The Labute approximate surface area is 62.3 Å². The Balaban J connectivity index is 3.22. The SMILES string of the molecule is O=c1[nH]cc(O)cc1CCl. The zero-order chi connectivity index (χ0) is 7.56. The first-order valence-corrected chi connectivity index (χ1v) is 3.24.